The van der Waals surface area contributed by atoms with E-state index < -0.39 is 0 Å². The summed E-state index contributed by atoms with van der Waals surface area (Å²) in [5.74, 6) is 0.180. The molecular formula is C19H23N3O. The van der Waals surface area contributed by atoms with Gasteiger partial charge in [-0.1, -0.05) is 18.2 Å². The van der Waals surface area contributed by atoms with Crippen molar-refractivity contribution in [2.45, 2.75) is 25.8 Å². The summed E-state index contributed by atoms with van der Waals surface area (Å²) in [5, 5.41) is 0. The predicted octanol–water partition coefficient (Wildman–Crippen LogP) is 2.53. The molecule has 2 heterocycles. The summed E-state index contributed by atoms with van der Waals surface area (Å²) in [7, 11) is 2.01. The molecule has 4 nitrogen and oxygen atoms in total. The van der Waals surface area contributed by atoms with Crippen molar-refractivity contribution in [2.24, 2.45) is 0 Å². The van der Waals surface area contributed by atoms with Crippen molar-refractivity contribution in [2.75, 3.05) is 25.0 Å². The van der Waals surface area contributed by atoms with E-state index in [9.17, 15) is 4.79 Å². The third-order valence-electron chi connectivity index (χ3n) is 4.41. The van der Waals surface area contributed by atoms with Gasteiger partial charge < -0.3 is 4.90 Å². The molecular weight excluding hydrogens is 286 g/mol. The minimum absolute atomic E-state index is 0.180. The number of pyridine rings is 1. The van der Waals surface area contributed by atoms with Crippen molar-refractivity contribution >= 4 is 11.6 Å². The molecule has 1 aromatic heterocycles. The highest BCUT2D eigenvalue weighted by Gasteiger charge is 2.30. The number of carbonyl (C=O) groups is 1. The highest BCUT2D eigenvalue weighted by atomic mass is 16.2. The Kier molecular flexibility index (Phi) is 4.72. The van der Waals surface area contributed by atoms with E-state index in [4.69, 9.17) is 0 Å². The first-order valence-corrected chi connectivity index (χ1v) is 8.12. The van der Waals surface area contributed by atoms with Crippen LogP contribution in [0.3, 0.4) is 0 Å². The van der Waals surface area contributed by atoms with Crippen LogP contribution in [-0.4, -0.2) is 42.0 Å². The molecule has 0 saturated carbocycles. The molecule has 1 atom stereocenters. The van der Waals surface area contributed by atoms with Gasteiger partial charge in [0.25, 0.3) is 0 Å². The maximum absolute atomic E-state index is 12.7. The van der Waals surface area contributed by atoms with Crippen LogP contribution < -0.4 is 4.90 Å². The first kappa shape index (κ1) is 15.7. The van der Waals surface area contributed by atoms with Gasteiger partial charge >= 0.3 is 0 Å². The van der Waals surface area contributed by atoms with Crippen LogP contribution in [0.25, 0.3) is 0 Å². The maximum Gasteiger partial charge on any atom is 0.241 e. The van der Waals surface area contributed by atoms with E-state index >= 15 is 0 Å². The summed E-state index contributed by atoms with van der Waals surface area (Å²) in [5.41, 5.74) is 3.60. The average Bonchev–Trinajstić information content (AvgIpc) is 2.89. The van der Waals surface area contributed by atoms with E-state index in [2.05, 4.69) is 22.9 Å². The smallest absolute Gasteiger partial charge is 0.241 e. The van der Waals surface area contributed by atoms with E-state index in [1.807, 2.05) is 54.7 Å². The third-order valence-corrected chi connectivity index (χ3v) is 4.41. The van der Waals surface area contributed by atoms with Gasteiger partial charge in [0.1, 0.15) is 0 Å². The zero-order valence-corrected chi connectivity index (χ0v) is 13.8. The van der Waals surface area contributed by atoms with Crippen LogP contribution in [0.1, 0.15) is 18.1 Å². The van der Waals surface area contributed by atoms with Crippen molar-refractivity contribution < 1.29 is 4.79 Å². The Morgan fingerprint density at radius 2 is 2.00 bits per heavy atom. The number of hydrogen-bond donors (Lipinski definition) is 0. The molecule has 1 aliphatic rings. The van der Waals surface area contributed by atoms with Gasteiger partial charge in [-0.2, -0.15) is 0 Å². The van der Waals surface area contributed by atoms with Crippen molar-refractivity contribution in [1.29, 1.82) is 0 Å². The van der Waals surface area contributed by atoms with Crippen LogP contribution >= 0.6 is 0 Å². The van der Waals surface area contributed by atoms with Crippen LogP contribution in [0.4, 0.5) is 5.69 Å². The number of hydrogen-bond acceptors (Lipinski definition) is 3. The normalized spacial score (nSPS) is 16.7. The van der Waals surface area contributed by atoms with Crippen molar-refractivity contribution in [3.8, 4) is 0 Å². The molecule has 120 valence electrons. The lowest BCUT2D eigenvalue weighted by atomic mass is 10.1. The average molecular weight is 309 g/mol. The quantitative estimate of drug-likeness (QED) is 0.851. The molecule has 0 fully saturated rings. The van der Waals surface area contributed by atoms with Gasteiger partial charge in [0, 0.05) is 30.7 Å². The van der Waals surface area contributed by atoms with Gasteiger partial charge in [0.2, 0.25) is 5.91 Å². The maximum atomic E-state index is 12.7. The lowest BCUT2D eigenvalue weighted by molar-refractivity contribution is -0.119. The number of para-hydroxylation sites is 1. The van der Waals surface area contributed by atoms with E-state index in [1.54, 1.807) is 0 Å². The highest BCUT2D eigenvalue weighted by molar-refractivity contribution is 5.97. The number of amides is 1. The Hall–Kier alpha value is -2.20. The van der Waals surface area contributed by atoms with Gasteiger partial charge in [-0.15, -0.1) is 0 Å². The van der Waals surface area contributed by atoms with Gasteiger partial charge in [0.15, 0.2) is 0 Å². The Morgan fingerprint density at radius 3 is 2.78 bits per heavy atom. The van der Waals surface area contributed by atoms with E-state index in [-0.39, 0.29) is 11.9 Å². The number of carbonyl (C=O) groups excluding carboxylic acids is 1. The summed E-state index contributed by atoms with van der Waals surface area (Å²) in [6.45, 7) is 3.43. The predicted molar refractivity (Wildman–Crippen MR) is 92.5 cm³/mol. The van der Waals surface area contributed by atoms with Crippen LogP contribution in [0, 0.1) is 0 Å². The highest BCUT2D eigenvalue weighted by Crippen LogP contribution is 2.31. The van der Waals surface area contributed by atoms with Crippen LogP contribution in [0.5, 0.6) is 0 Å². The van der Waals surface area contributed by atoms with Crippen molar-refractivity contribution in [3.05, 3.63) is 59.9 Å². The Labute approximate surface area is 137 Å². The van der Waals surface area contributed by atoms with E-state index in [1.165, 1.54) is 11.1 Å². The lowest BCUT2D eigenvalue weighted by Crippen LogP contribution is -2.42. The summed E-state index contributed by atoms with van der Waals surface area (Å²) >= 11 is 0. The zero-order chi connectivity index (χ0) is 16.2. The van der Waals surface area contributed by atoms with Gasteiger partial charge in [-0.3, -0.25) is 14.7 Å². The molecule has 4 heteroatoms. The third kappa shape index (κ3) is 3.59. The zero-order valence-electron chi connectivity index (χ0n) is 13.8. The van der Waals surface area contributed by atoms with E-state index in [0.29, 0.717) is 6.54 Å². The molecule has 0 radical (unpaired) electrons. The summed E-state index contributed by atoms with van der Waals surface area (Å²) in [4.78, 5) is 20.8. The number of aromatic nitrogens is 1. The topological polar surface area (TPSA) is 36.4 Å². The van der Waals surface area contributed by atoms with Gasteiger partial charge in [-0.25, -0.2) is 0 Å². The fourth-order valence-electron chi connectivity index (χ4n) is 3.20. The Morgan fingerprint density at radius 1 is 1.26 bits per heavy atom. The molecule has 0 spiro atoms. The Balaban J connectivity index is 1.58. The monoisotopic (exact) mass is 309 g/mol. The molecule has 0 saturated heterocycles. The number of anilines is 1. The number of rotatable bonds is 5. The van der Waals surface area contributed by atoms with Crippen LogP contribution in [0.15, 0.2) is 48.8 Å². The first-order valence-electron chi connectivity index (χ1n) is 8.12. The lowest BCUT2D eigenvalue weighted by Gasteiger charge is -2.25. The standard InChI is InChI=1S/C19H23N3O/c1-15-13-17-5-3-4-6-18(17)22(15)19(23)14-21(2)12-9-16-7-10-20-11-8-16/h3-8,10-11,15H,9,12-14H2,1-2H3. The molecule has 0 N–H and O–H groups in total. The number of fused-ring (bicyclic) bond motifs is 1. The number of likely N-dealkylation sites (N-methyl/N-ethyl adjacent to an activating group) is 1. The van der Waals surface area contributed by atoms with E-state index in [0.717, 1.165) is 25.1 Å². The molecule has 1 aromatic carbocycles. The second-order valence-corrected chi connectivity index (χ2v) is 6.29. The molecule has 23 heavy (non-hydrogen) atoms. The number of nitrogens with zero attached hydrogens (tertiary/aromatic N) is 3. The minimum Gasteiger partial charge on any atom is -0.308 e. The summed E-state index contributed by atoms with van der Waals surface area (Å²) < 4.78 is 0. The molecule has 2 aromatic rings. The van der Waals surface area contributed by atoms with Crippen LogP contribution in [0.2, 0.25) is 0 Å². The molecule has 0 aliphatic carbocycles. The largest absolute Gasteiger partial charge is 0.308 e. The molecule has 3 rings (SSSR count). The number of benzene rings is 1. The van der Waals surface area contributed by atoms with Gasteiger partial charge in [-0.05, 0) is 56.1 Å². The fourth-order valence-corrected chi connectivity index (χ4v) is 3.20. The van der Waals surface area contributed by atoms with Crippen molar-refractivity contribution in [3.63, 3.8) is 0 Å². The fraction of sp³-hybridized carbons (Fsp3) is 0.368. The molecule has 1 aliphatic heterocycles. The molecule has 0 bridgehead atoms. The van der Waals surface area contributed by atoms with Crippen molar-refractivity contribution in [1.82, 2.24) is 9.88 Å². The summed E-state index contributed by atoms with van der Waals surface area (Å²) in [6.07, 6.45) is 5.49. The second kappa shape index (κ2) is 6.92. The minimum atomic E-state index is 0.180. The molecule has 1 amide bonds. The SMILES string of the molecule is CC1Cc2ccccc2N1C(=O)CN(C)CCc1ccncc1. The first-order chi connectivity index (χ1) is 11.1. The van der Waals surface area contributed by atoms with Crippen LogP contribution in [-0.2, 0) is 17.6 Å². The summed E-state index contributed by atoms with van der Waals surface area (Å²) in [6, 6.07) is 12.5. The molecule has 1 unspecified atom stereocenters. The second-order valence-electron chi connectivity index (χ2n) is 6.29. The Bertz CT molecular complexity index is 671. The van der Waals surface area contributed by atoms with Gasteiger partial charge in [0.05, 0.1) is 6.54 Å².